The maximum Gasteiger partial charge on any atom is 0.212 e. The van der Waals surface area contributed by atoms with Gasteiger partial charge in [0.1, 0.15) is 38.8 Å². The minimum Gasteiger partial charge on any atom is -0.497 e. The molecule has 1 saturated heterocycles. The number of imidazole rings is 1. The number of benzene rings is 2. The average Bonchev–Trinajstić information content (AvgIpc) is 3.36. The van der Waals surface area contributed by atoms with E-state index in [2.05, 4.69) is 24.3 Å². The SMILES string of the molecule is COc1cc(OCc2csc(-c3ccc(C4CC(O)CN(C=O)C4)cc3)n2)c2sc(-c3cn4nc(C5CC5)sc4n3)nc2c1. The molecule has 1 aliphatic heterocycles. The first-order valence-electron chi connectivity index (χ1n) is 14.4. The van der Waals surface area contributed by atoms with Gasteiger partial charge in [0.05, 0.1) is 35.3 Å². The molecule has 6 aromatic rings. The Labute approximate surface area is 264 Å². The Morgan fingerprint density at radius 2 is 1.91 bits per heavy atom. The minimum absolute atomic E-state index is 0.118. The van der Waals surface area contributed by atoms with E-state index in [4.69, 9.17) is 29.5 Å². The van der Waals surface area contributed by atoms with Crippen LogP contribution in [-0.4, -0.2) is 67.3 Å². The Bertz CT molecular complexity index is 1940. The summed E-state index contributed by atoms with van der Waals surface area (Å²) in [5.41, 5.74) is 4.55. The second-order valence-corrected chi connectivity index (χ2v) is 14.1. The maximum absolute atomic E-state index is 11.3. The molecular weight excluding hydrogens is 617 g/mol. The Balaban J connectivity index is 0.990. The largest absolute Gasteiger partial charge is 0.497 e. The van der Waals surface area contributed by atoms with Crippen LogP contribution in [0.2, 0.25) is 0 Å². The van der Waals surface area contributed by atoms with Crippen molar-refractivity contribution in [3.05, 3.63) is 64.2 Å². The molecule has 1 saturated carbocycles. The van der Waals surface area contributed by atoms with Gasteiger partial charge in [0, 0.05) is 48.0 Å². The zero-order chi connectivity index (χ0) is 29.8. The Kier molecular flexibility index (Phi) is 7.05. The van der Waals surface area contributed by atoms with Crippen LogP contribution in [0.1, 0.15) is 47.4 Å². The van der Waals surface area contributed by atoms with Gasteiger partial charge < -0.3 is 19.5 Å². The third-order valence-corrected chi connectivity index (χ3v) is 11.2. The van der Waals surface area contributed by atoms with Gasteiger partial charge in [0.2, 0.25) is 11.4 Å². The fourth-order valence-electron chi connectivity index (χ4n) is 5.61. The van der Waals surface area contributed by atoms with Gasteiger partial charge in [0.15, 0.2) is 0 Å². The van der Waals surface area contributed by atoms with E-state index in [0.717, 1.165) is 54.1 Å². The monoisotopic (exact) mass is 644 g/mol. The van der Waals surface area contributed by atoms with Gasteiger partial charge >= 0.3 is 0 Å². The van der Waals surface area contributed by atoms with Crippen LogP contribution in [0, 0.1) is 0 Å². The van der Waals surface area contributed by atoms with Crippen molar-refractivity contribution in [3.63, 3.8) is 0 Å². The van der Waals surface area contributed by atoms with Gasteiger partial charge in [-0.1, -0.05) is 35.6 Å². The predicted molar refractivity (Wildman–Crippen MR) is 171 cm³/mol. The van der Waals surface area contributed by atoms with E-state index in [9.17, 15) is 9.90 Å². The zero-order valence-electron chi connectivity index (χ0n) is 23.8. The van der Waals surface area contributed by atoms with Gasteiger partial charge in [-0.15, -0.1) is 22.7 Å². The number of thiazole rings is 2. The molecule has 44 heavy (non-hydrogen) atoms. The number of likely N-dealkylation sites (tertiary alicyclic amines) is 1. The Morgan fingerprint density at radius 3 is 2.68 bits per heavy atom. The summed E-state index contributed by atoms with van der Waals surface area (Å²) in [5.74, 6) is 2.09. The number of nitrogens with zero attached hydrogens (tertiary/aromatic N) is 6. The van der Waals surface area contributed by atoms with Gasteiger partial charge in [-0.3, -0.25) is 4.79 Å². The molecule has 0 radical (unpaired) electrons. The molecule has 5 heterocycles. The molecule has 2 fully saturated rings. The molecule has 13 heteroatoms. The number of hydrogen-bond acceptors (Lipinski definition) is 11. The van der Waals surface area contributed by atoms with E-state index in [1.807, 2.05) is 28.2 Å². The van der Waals surface area contributed by atoms with Gasteiger partial charge in [-0.2, -0.15) is 5.10 Å². The summed E-state index contributed by atoms with van der Waals surface area (Å²) in [6.07, 6.45) is 5.36. The highest BCUT2D eigenvalue weighted by Gasteiger charge is 2.28. The molecule has 4 aromatic heterocycles. The van der Waals surface area contributed by atoms with Crippen LogP contribution < -0.4 is 9.47 Å². The van der Waals surface area contributed by atoms with E-state index in [1.54, 1.807) is 46.0 Å². The van der Waals surface area contributed by atoms with Crippen LogP contribution in [0.15, 0.2) is 48.0 Å². The zero-order valence-corrected chi connectivity index (χ0v) is 26.2. The fourth-order valence-corrected chi connectivity index (χ4v) is 8.44. The number of aliphatic hydroxyl groups excluding tert-OH is 1. The number of carbonyl (C=O) groups is 1. The molecule has 2 atom stereocenters. The molecule has 224 valence electrons. The number of hydrogen-bond donors (Lipinski definition) is 1. The van der Waals surface area contributed by atoms with E-state index < -0.39 is 6.10 Å². The summed E-state index contributed by atoms with van der Waals surface area (Å²) in [4.78, 5) is 28.3. The highest BCUT2D eigenvalue weighted by Crippen LogP contribution is 2.43. The highest BCUT2D eigenvalue weighted by atomic mass is 32.1. The lowest BCUT2D eigenvalue weighted by molar-refractivity contribution is -0.121. The predicted octanol–water partition coefficient (Wildman–Crippen LogP) is 5.96. The first kappa shape index (κ1) is 27.6. The lowest BCUT2D eigenvalue weighted by atomic mass is 9.89. The number of fused-ring (bicyclic) bond motifs is 2. The summed E-state index contributed by atoms with van der Waals surface area (Å²) in [5, 5.41) is 19.8. The van der Waals surface area contributed by atoms with E-state index in [1.165, 1.54) is 17.8 Å². The lowest BCUT2D eigenvalue weighted by Crippen LogP contribution is -2.41. The standard InChI is InChI=1S/C31H28N6O4S3/c1-40-23-9-24-27(43-30(33-24)25-13-37-31(34-25)44-29(35-37)19-6-7-19)26(10-23)41-14-21-15-42-28(32-21)18-4-2-17(3-5-18)20-8-22(39)12-36(11-20)16-38/h2-5,9-10,13,15-16,19-20,22,39H,6-8,11-12,14H2,1H3. The van der Waals surface area contributed by atoms with Crippen LogP contribution in [0.3, 0.4) is 0 Å². The molecule has 0 bridgehead atoms. The third kappa shape index (κ3) is 5.34. The summed E-state index contributed by atoms with van der Waals surface area (Å²) in [7, 11) is 1.64. The first-order chi connectivity index (χ1) is 21.5. The molecule has 1 N–H and O–H groups in total. The number of rotatable bonds is 9. The van der Waals surface area contributed by atoms with Crippen molar-refractivity contribution >= 4 is 55.6 Å². The number of piperidine rings is 1. The average molecular weight is 645 g/mol. The summed E-state index contributed by atoms with van der Waals surface area (Å²) >= 11 is 4.77. The maximum atomic E-state index is 11.3. The third-order valence-electron chi connectivity index (χ3n) is 8.03. The smallest absolute Gasteiger partial charge is 0.212 e. The molecule has 1 amide bonds. The number of ether oxygens (including phenoxy) is 2. The van der Waals surface area contributed by atoms with Crippen LogP contribution in [0.25, 0.3) is 36.5 Å². The van der Waals surface area contributed by atoms with Crippen molar-refractivity contribution in [2.24, 2.45) is 0 Å². The van der Waals surface area contributed by atoms with E-state index in [-0.39, 0.29) is 5.92 Å². The second kappa shape index (κ2) is 11.2. The van der Waals surface area contributed by atoms with Gasteiger partial charge in [0.25, 0.3) is 0 Å². The summed E-state index contributed by atoms with van der Waals surface area (Å²) in [6.45, 7) is 1.33. The summed E-state index contributed by atoms with van der Waals surface area (Å²) in [6, 6.07) is 12.0. The molecule has 8 rings (SSSR count). The van der Waals surface area contributed by atoms with Crippen molar-refractivity contribution in [1.29, 1.82) is 0 Å². The number of amides is 1. The molecule has 1 aliphatic carbocycles. The Hall–Kier alpha value is -3.91. The lowest BCUT2D eigenvalue weighted by Gasteiger charge is -2.33. The molecule has 2 aromatic carbocycles. The molecule has 0 spiro atoms. The molecular formula is C31H28N6O4S3. The Morgan fingerprint density at radius 1 is 1.05 bits per heavy atom. The highest BCUT2D eigenvalue weighted by molar-refractivity contribution is 7.22. The van der Waals surface area contributed by atoms with Crippen molar-refractivity contribution in [2.45, 2.75) is 43.8 Å². The van der Waals surface area contributed by atoms with Crippen LogP contribution in [-0.2, 0) is 11.4 Å². The van der Waals surface area contributed by atoms with Crippen molar-refractivity contribution < 1.29 is 19.4 Å². The topological polar surface area (TPSA) is 115 Å². The van der Waals surface area contributed by atoms with Crippen LogP contribution >= 0.6 is 34.0 Å². The number of methoxy groups -OCH3 is 1. The summed E-state index contributed by atoms with van der Waals surface area (Å²) < 4.78 is 14.7. The normalized spacial score (nSPS) is 18.7. The molecule has 10 nitrogen and oxygen atoms in total. The molecule has 2 aliphatic rings. The van der Waals surface area contributed by atoms with Gasteiger partial charge in [-0.05, 0) is 24.8 Å². The quantitative estimate of drug-likeness (QED) is 0.192. The minimum atomic E-state index is -0.497. The van der Waals surface area contributed by atoms with Crippen LogP contribution in [0.5, 0.6) is 11.5 Å². The first-order valence-corrected chi connectivity index (χ1v) is 16.9. The molecule has 2 unspecified atom stereocenters. The number of aromatic nitrogens is 5. The van der Waals surface area contributed by atoms with Gasteiger partial charge in [-0.25, -0.2) is 19.5 Å². The van der Waals surface area contributed by atoms with Crippen molar-refractivity contribution in [2.75, 3.05) is 20.2 Å². The van der Waals surface area contributed by atoms with Crippen molar-refractivity contribution in [1.82, 2.24) is 29.5 Å². The number of carbonyl (C=O) groups excluding carboxylic acids is 1. The van der Waals surface area contributed by atoms with Crippen LogP contribution in [0.4, 0.5) is 0 Å². The number of aliphatic hydroxyl groups is 1. The van der Waals surface area contributed by atoms with E-state index in [0.29, 0.717) is 43.5 Å². The second-order valence-electron chi connectivity index (χ2n) is 11.3. The number of β-amino-alcohol motifs (C(OH)–C–C–N with tert-alkyl or cyclic N) is 1. The fraction of sp³-hybridized carbons (Fsp3) is 0.323. The van der Waals surface area contributed by atoms with E-state index >= 15 is 0 Å². The van der Waals surface area contributed by atoms with Crippen molar-refractivity contribution in [3.8, 4) is 32.8 Å².